The molecule has 3 atom stereocenters. The number of amides is 1. The summed E-state index contributed by atoms with van der Waals surface area (Å²) in [6.45, 7) is 5.00. The molecular weight excluding hydrogens is 180 g/mol. The second kappa shape index (κ2) is 5.32. The number of aliphatic hydroxyl groups is 1. The van der Waals surface area contributed by atoms with Gasteiger partial charge in [-0.05, 0) is 33.2 Å². The van der Waals surface area contributed by atoms with Crippen LogP contribution in [0.4, 0.5) is 0 Å². The van der Waals surface area contributed by atoms with Gasteiger partial charge in [-0.2, -0.15) is 0 Å². The van der Waals surface area contributed by atoms with Crippen LogP contribution < -0.4 is 10.6 Å². The summed E-state index contributed by atoms with van der Waals surface area (Å²) >= 11 is 0. The van der Waals surface area contributed by atoms with Gasteiger partial charge >= 0.3 is 0 Å². The maximum Gasteiger partial charge on any atom is 0.224 e. The van der Waals surface area contributed by atoms with Gasteiger partial charge in [0.25, 0.3) is 0 Å². The smallest absolute Gasteiger partial charge is 0.224 e. The van der Waals surface area contributed by atoms with Crippen LogP contribution in [0.1, 0.15) is 26.7 Å². The van der Waals surface area contributed by atoms with Crippen LogP contribution in [0.25, 0.3) is 0 Å². The molecule has 0 radical (unpaired) electrons. The van der Waals surface area contributed by atoms with E-state index in [-0.39, 0.29) is 30.5 Å². The van der Waals surface area contributed by atoms with E-state index in [1.165, 1.54) is 0 Å². The monoisotopic (exact) mass is 200 g/mol. The number of carbonyl (C=O) groups is 1. The summed E-state index contributed by atoms with van der Waals surface area (Å²) in [5.41, 5.74) is 0. The van der Waals surface area contributed by atoms with Crippen LogP contribution in [-0.2, 0) is 4.79 Å². The number of carbonyl (C=O) groups excluding carboxylic acids is 1. The molecule has 1 amide bonds. The molecule has 0 aromatic heterocycles. The Labute approximate surface area is 85.1 Å². The van der Waals surface area contributed by atoms with Gasteiger partial charge < -0.3 is 15.7 Å². The van der Waals surface area contributed by atoms with Crippen LogP contribution >= 0.6 is 0 Å². The third kappa shape index (κ3) is 2.96. The van der Waals surface area contributed by atoms with Gasteiger partial charge in [0.1, 0.15) is 0 Å². The summed E-state index contributed by atoms with van der Waals surface area (Å²) < 4.78 is 0. The van der Waals surface area contributed by atoms with E-state index >= 15 is 0 Å². The van der Waals surface area contributed by atoms with E-state index in [0.717, 1.165) is 13.0 Å². The first-order valence-electron chi connectivity index (χ1n) is 5.29. The predicted octanol–water partition coefficient (Wildman–Crippen LogP) is -0.128. The van der Waals surface area contributed by atoms with Crippen molar-refractivity contribution in [3.05, 3.63) is 0 Å². The highest BCUT2D eigenvalue weighted by molar-refractivity contribution is 5.79. The molecule has 82 valence electrons. The Kier molecular flexibility index (Phi) is 4.35. The molecule has 1 heterocycles. The Balaban J connectivity index is 2.33. The molecule has 1 aliphatic heterocycles. The Bertz CT molecular complexity index is 197. The molecule has 0 bridgehead atoms. The van der Waals surface area contributed by atoms with Crippen molar-refractivity contribution in [2.75, 3.05) is 13.2 Å². The molecule has 0 saturated carbocycles. The molecule has 4 heteroatoms. The maximum absolute atomic E-state index is 11.7. The summed E-state index contributed by atoms with van der Waals surface area (Å²) in [5.74, 6) is 0.208. The Morgan fingerprint density at radius 3 is 2.93 bits per heavy atom. The van der Waals surface area contributed by atoms with E-state index in [1.807, 2.05) is 13.8 Å². The van der Waals surface area contributed by atoms with E-state index in [0.29, 0.717) is 6.42 Å². The SMILES string of the molecule is CC(CCO)NC(=O)C1CCNC1C. The number of nitrogens with one attached hydrogen (secondary N) is 2. The van der Waals surface area contributed by atoms with E-state index in [1.54, 1.807) is 0 Å². The van der Waals surface area contributed by atoms with Crippen molar-refractivity contribution in [3.8, 4) is 0 Å². The highest BCUT2D eigenvalue weighted by Crippen LogP contribution is 2.15. The number of hydrogen-bond donors (Lipinski definition) is 3. The van der Waals surface area contributed by atoms with Gasteiger partial charge in [0.2, 0.25) is 5.91 Å². The van der Waals surface area contributed by atoms with Gasteiger partial charge in [0.15, 0.2) is 0 Å². The van der Waals surface area contributed by atoms with Gasteiger partial charge in [-0.25, -0.2) is 0 Å². The minimum Gasteiger partial charge on any atom is -0.396 e. The van der Waals surface area contributed by atoms with Crippen LogP contribution in [0.2, 0.25) is 0 Å². The van der Waals surface area contributed by atoms with Gasteiger partial charge in [0.05, 0.1) is 5.92 Å². The van der Waals surface area contributed by atoms with E-state index in [9.17, 15) is 4.79 Å². The lowest BCUT2D eigenvalue weighted by Crippen LogP contribution is -2.41. The summed E-state index contributed by atoms with van der Waals surface area (Å²) in [7, 11) is 0. The molecule has 1 aliphatic rings. The van der Waals surface area contributed by atoms with Crippen molar-refractivity contribution in [2.24, 2.45) is 5.92 Å². The molecule has 1 saturated heterocycles. The van der Waals surface area contributed by atoms with Crippen LogP contribution in [0.3, 0.4) is 0 Å². The average molecular weight is 200 g/mol. The van der Waals surface area contributed by atoms with Crippen molar-refractivity contribution in [1.82, 2.24) is 10.6 Å². The first-order chi connectivity index (χ1) is 6.65. The van der Waals surface area contributed by atoms with Gasteiger partial charge in [-0.1, -0.05) is 0 Å². The highest BCUT2D eigenvalue weighted by Gasteiger charge is 2.29. The summed E-state index contributed by atoms with van der Waals surface area (Å²) in [6, 6.07) is 0.344. The van der Waals surface area contributed by atoms with E-state index in [4.69, 9.17) is 5.11 Å². The lowest BCUT2D eigenvalue weighted by molar-refractivity contribution is -0.125. The fraction of sp³-hybridized carbons (Fsp3) is 0.900. The Morgan fingerprint density at radius 1 is 1.71 bits per heavy atom. The van der Waals surface area contributed by atoms with Crippen LogP contribution in [0.5, 0.6) is 0 Å². The topological polar surface area (TPSA) is 61.4 Å². The fourth-order valence-electron chi connectivity index (χ4n) is 1.83. The summed E-state index contributed by atoms with van der Waals surface area (Å²) in [4.78, 5) is 11.7. The summed E-state index contributed by atoms with van der Waals surface area (Å²) in [5, 5.41) is 14.9. The second-order valence-electron chi connectivity index (χ2n) is 4.06. The Hall–Kier alpha value is -0.610. The second-order valence-corrected chi connectivity index (χ2v) is 4.06. The zero-order valence-electron chi connectivity index (χ0n) is 8.92. The van der Waals surface area contributed by atoms with Crippen molar-refractivity contribution in [3.63, 3.8) is 0 Å². The molecule has 14 heavy (non-hydrogen) atoms. The minimum atomic E-state index is 0.0697. The average Bonchev–Trinajstić information content (AvgIpc) is 2.51. The zero-order chi connectivity index (χ0) is 10.6. The summed E-state index contributed by atoms with van der Waals surface area (Å²) in [6.07, 6.45) is 1.54. The van der Waals surface area contributed by atoms with Gasteiger partial charge in [0, 0.05) is 18.7 Å². The van der Waals surface area contributed by atoms with Crippen molar-refractivity contribution in [1.29, 1.82) is 0 Å². The molecule has 0 spiro atoms. The lowest BCUT2D eigenvalue weighted by Gasteiger charge is -2.18. The molecule has 0 aliphatic carbocycles. The van der Waals surface area contributed by atoms with Gasteiger partial charge in [-0.15, -0.1) is 0 Å². The largest absolute Gasteiger partial charge is 0.396 e. The number of aliphatic hydroxyl groups excluding tert-OH is 1. The van der Waals surface area contributed by atoms with Crippen LogP contribution in [0, 0.1) is 5.92 Å². The molecule has 0 aromatic carbocycles. The van der Waals surface area contributed by atoms with Crippen LogP contribution in [0.15, 0.2) is 0 Å². The highest BCUT2D eigenvalue weighted by atomic mass is 16.3. The predicted molar refractivity (Wildman–Crippen MR) is 54.9 cm³/mol. The first-order valence-corrected chi connectivity index (χ1v) is 5.29. The quantitative estimate of drug-likeness (QED) is 0.592. The molecule has 1 fully saturated rings. The van der Waals surface area contributed by atoms with Crippen LogP contribution in [-0.4, -0.2) is 36.2 Å². The lowest BCUT2D eigenvalue weighted by atomic mass is 10.0. The third-order valence-electron chi connectivity index (χ3n) is 2.81. The third-order valence-corrected chi connectivity index (χ3v) is 2.81. The molecular formula is C10H20N2O2. The molecule has 3 unspecified atom stereocenters. The van der Waals surface area contributed by atoms with E-state index in [2.05, 4.69) is 10.6 Å². The maximum atomic E-state index is 11.7. The molecule has 1 rings (SSSR count). The minimum absolute atomic E-state index is 0.0697. The normalized spacial score (nSPS) is 28.8. The number of rotatable bonds is 4. The fourth-order valence-corrected chi connectivity index (χ4v) is 1.83. The number of hydrogen-bond acceptors (Lipinski definition) is 3. The van der Waals surface area contributed by atoms with E-state index < -0.39 is 0 Å². The standard InChI is InChI=1S/C10H20N2O2/c1-7(4-6-13)12-10(14)9-3-5-11-8(9)2/h7-9,11,13H,3-6H2,1-2H3,(H,12,14). The van der Waals surface area contributed by atoms with Gasteiger partial charge in [-0.3, -0.25) is 4.79 Å². The Morgan fingerprint density at radius 2 is 2.43 bits per heavy atom. The first kappa shape index (κ1) is 11.5. The van der Waals surface area contributed by atoms with Crippen molar-refractivity contribution < 1.29 is 9.90 Å². The molecule has 0 aromatic rings. The zero-order valence-corrected chi connectivity index (χ0v) is 8.92. The molecule has 3 N–H and O–H groups in total. The van der Waals surface area contributed by atoms with Crippen molar-refractivity contribution >= 4 is 5.91 Å². The molecule has 4 nitrogen and oxygen atoms in total. The van der Waals surface area contributed by atoms with Crippen molar-refractivity contribution in [2.45, 2.75) is 38.8 Å².